The van der Waals surface area contributed by atoms with Crippen molar-refractivity contribution in [3.63, 3.8) is 0 Å². The Morgan fingerprint density at radius 3 is 2.28 bits per heavy atom. The molecule has 0 N–H and O–H groups in total. The van der Waals surface area contributed by atoms with Crippen molar-refractivity contribution in [3.05, 3.63) is 64.1 Å². The Balaban J connectivity index is 1.33. The van der Waals surface area contributed by atoms with Crippen LogP contribution < -0.4 is 4.90 Å². The maximum atomic E-state index is 13.2. The molecule has 0 radical (unpaired) electrons. The van der Waals surface area contributed by atoms with Gasteiger partial charge in [0.15, 0.2) is 0 Å². The summed E-state index contributed by atoms with van der Waals surface area (Å²) in [6, 6.07) is 16.1. The van der Waals surface area contributed by atoms with E-state index in [2.05, 4.69) is 39.0 Å². The summed E-state index contributed by atoms with van der Waals surface area (Å²) in [5, 5.41) is 1.39. The number of benzene rings is 2. The number of rotatable bonds is 4. The van der Waals surface area contributed by atoms with Crippen molar-refractivity contribution in [3.8, 4) is 0 Å². The van der Waals surface area contributed by atoms with Crippen molar-refractivity contribution in [2.24, 2.45) is 5.92 Å². The molecule has 0 aliphatic carbocycles. The van der Waals surface area contributed by atoms with Crippen LogP contribution in [0.1, 0.15) is 18.4 Å². The molecule has 2 aliphatic heterocycles. The maximum absolute atomic E-state index is 13.2. The molecular formula is C23H27Cl2N3O. The Labute approximate surface area is 183 Å². The van der Waals surface area contributed by atoms with Crippen LogP contribution in [0.2, 0.25) is 10.0 Å². The summed E-state index contributed by atoms with van der Waals surface area (Å²) in [6.45, 7) is 5.82. The minimum absolute atomic E-state index is 0.0632. The number of hydrogen-bond acceptors (Lipinski definition) is 3. The highest BCUT2D eigenvalue weighted by atomic mass is 35.5. The van der Waals surface area contributed by atoms with Crippen LogP contribution in [0.15, 0.2) is 48.5 Å². The number of carbonyl (C=O) groups is 1. The Kier molecular flexibility index (Phi) is 6.63. The zero-order valence-electron chi connectivity index (χ0n) is 16.6. The van der Waals surface area contributed by atoms with Crippen LogP contribution in [0.25, 0.3) is 0 Å². The van der Waals surface area contributed by atoms with E-state index in [0.717, 1.165) is 57.7 Å². The SMILES string of the molecule is O=C([C@H]1CCCN(Cc2c(Cl)cccc2Cl)C1)N1CCN(c2ccccc2)CC1. The molecule has 0 spiro atoms. The molecule has 2 saturated heterocycles. The zero-order chi connectivity index (χ0) is 20.2. The second-order valence-corrected chi connectivity index (χ2v) is 8.74. The molecule has 2 fully saturated rings. The van der Waals surface area contributed by atoms with Gasteiger partial charge >= 0.3 is 0 Å². The number of hydrogen-bond donors (Lipinski definition) is 0. The third-order valence-corrected chi connectivity index (χ3v) is 6.72. The molecule has 1 amide bonds. The van der Waals surface area contributed by atoms with Gasteiger partial charge in [-0.15, -0.1) is 0 Å². The molecule has 29 heavy (non-hydrogen) atoms. The molecule has 154 valence electrons. The molecule has 0 saturated carbocycles. The van der Waals surface area contributed by atoms with Crippen LogP contribution >= 0.6 is 23.2 Å². The van der Waals surface area contributed by atoms with Gasteiger partial charge in [-0.1, -0.05) is 47.5 Å². The Hall–Kier alpha value is -1.75. The maximum Gasteiger partial charge on any atom is 0.227 e. The van der Waals surface area contributed by atoms with E-state index in [1.165, 1.54) is 5.69 Å². The zero-order valence-corrected chi connectivity index (χ0v) is 18.1. The van der Waals surface area contributed by atoms with E-state index in [0.29, 0.717) is 22.5 Å². The van der Waals surface area contributed by atoms with Gasteiger partial charge in [-0.25, -0.2) is 0 Å². The van der Waals surface area contributed by atoms with Crippen molar-refractivity contribution in [1.29, 1.82) is 0 Å². The topological polar surface area (TPSA) is 26.8 Å². The molecule has 0 unspecified atom stereocenters. The second-order valence-electron chi connectivity index (χ2n) is 7.92. The lowest BCUT2D eigenvalue weighted by Gasteiger charge is -2.39. The first-order chi connectivity index (χ1) is 14.1. The summed E-state index contributed by atoms with van der Waals surface area (Å²) in [6.07, 6.45) is 1.99. The van der Waals surface area contributed by atoms with E-state index in [4.69, 9.17) is 23.2 Å². The normalized spacial score (nSPS) is 20.7. The van der Waals surface area contributed by atoms with Gasteiger partial charge in [0, 0.05) is 60.6 Å². The molecule has 4 rings (SSSR count). The third kappa shape index (κ3) is 4.88. The van der Waals surface area contributed by atoms with Gasteiger partial charge in [-0.05, 0) is 43.7 Å². The summed E-state index contributed by atoms with van der Waals surface area (Å²) in [4.78, 5) is 19.9. The van der Waals surface area contributed by atoms with E-state index in [-0.39, 0.29) is 5.92 Å². The number of piperidine rings is 1. The van der Waals surface area contributed by atoms with Crippen molar-refractivity contribution >= 4 is 34.8 Å². The fourth-order valence-corrected chi connectivity index (χ4v) is 4.91. The van der Waals surface area contributed by atoms with E-state index >= 15 is 0 Å². The number of nitrogens with zero attached hydrogens (tertiary/aromatic N) is 3. The minimum Gasteiger partial charge on any atom is -0.368 e. The lowest BCUT2D eigenvalue weighted by Crippen LogP contribution is -2.52. The second kappa shape index (κ2) is 9.38. The van der Waals surface area contributed by atoms with Gasteiger partial charge in [0.05, 0.1) is 5.92 Å². The van der Waals surface area contributed by atoms with Crippen LogP contribution in [0.3, 0.4) is 0 Å². The lowest BCUT2D eigenvalue weighted by atomic mass is 9.95. The fraction of sp³-hybridized carbons (Fsp3) is 0.435. The van der Waals surface area contributed by atoms with Crippen molar-refractivity contribution in [2.75, 3.05) is 44.2 Å². The minimum atomic E-state index is 0.0632. The molecule has 2 aliphatic rings. The van der Waals surface area contributed by atoms with Gasteiger partial charge in [0.25, 0.3) is 0 Å². The van der Waals surface area contributed by atoms with Crippen LogP contribution in [-0.2, 0) is 11.3 Å². The van der Waals surface area contributed by atoms with Crippen molar-refractivity contribution < 1.29 is 4.79 Å². The van der Waals surface area contributed by atoms with Crippen LogP contribution in [-0.4, -0.2) is 55.0 Å². The number of likely N-dealkylation sites (tertiary alicyclic amines) is 1. The summed E-state index contributed by atoms with van der Waals surface area (Å²) >= 11 is 12.7. The summed E-state index contributed by atoms with van der Waals surface area (Å²) in [5.74, 6) is 0.362. The van der Waals surface area contributed by atoms with Crippen molar-refractivity contribution in [2.45, 2.75) is 19.4 Å². The van der Waals surface area contributed by atoms with Gasteiger partial charge in [-0.3, -0.25) is 9.69 Å². The Morgan fingerprint density at radius 2 is 1.59 bits per heavy atom. The first-order valence-electron chi connectivity index (χ1n) is 10.4. The van der Waals surface area contributed by atoms with Gasteiger partial charge in [0.2, 0.25) is 5.91 Å². The average Bonchev–Trinajstić information content (AvgIpc) is 2.77. The highest BCUT2D eigenvalue weighted by molar-refractivity contribution is 6.35. The lowest BCUT2D eigenvalue weighted by molar-refractivity contribution is -0.137. The molecule has 0 aromatic heterocycles. The van der Waals surface area contributed by atoms with Gasteiger partial charge in [-0.2, -0.15) is 0 Å². The van der Waals surface area contributed by atoms with E-state index in [1.54, 1.807) is 0 Å². The van der Waals surface area contributed by atoms with Crippen LogP contribution in [0, 0.1) is 5.92 Å². The first kappa shape index (κ1) is 20.5. The number of piperazine rings is 1. The average molecular weight is 432 g/mol. The van der Waals surface area contributed by atoms with Crippen LogP contribution in [0.4, 0.5) is 5.69 Å². The quantitative estimate of drug-likeness (QED) is 0.709. The highest BCUT2D eigenvalue weighted by Crippen LogP contribution is 2.28. The summed E-state index contributed by atoms with van der Waals surface area (Å²) < 4.78 is 0. The number of anilines is 1. The molecule has 2 heterocycles. The Bertz CT molecular complexity index is 817. The molecule has 2 aromatic rings. The molecule has 0 bridgehead atoms. The molecule has 6 heteroatoms. The predicted octanol–water partition coefficient (Wildman–Crippen LogP) is 4.55. The largest absolute Gasteiger partial charge is 0.368 e. The highest BCUT2D eigenvalue weighted by Gasteiger charge is 2.31. The monoisotopic (exact) mass is 431 g/mol. The molecule has 2 aromatic carbocycles. The third-order valence-electron chi connectivity index (χ3n) is 6.01. The summed E-state index contributed by atoms with van der Waals surface area (Å²) in [7, 11) is 0. The predicted molar refractivity (Wildman–Crippen MR) is 120 cm³/mol. The van der Waals surface area contributed by atoms with Gasteiger partial charge < -0.3 is 9.80 Å². The van der Waals surface area contributed by atoms with E-state index in [9.17, 15) is 4.79 Å². The smallest absolute Gasteiger partial charge is 0.227 e. The fourth-order valence-electron chi connectivity index (χ4n) is 4.39. The number of amides is 1. The first-order valence-corrected chi connectivity index (χ1v) is 11.1. The van der Waals surface area contributed by atoms with E-state index < -0.39 is 0 Å². The summed E-state index contributed by atoms with van der Waals surface area (Å²) in [5.41, 5.74) is 2.19. The molecular weight excluding hydrogens is 405 g/mol. The van der Waals surface area contributed by atoms with Crippen LogP contribution in [0.5, 0.6) is 0 Å². The molecule has 4 nitrogen and oxygen atoms in total. The van der Waals surface area contributed by atoms with Gasteiger partial charge in [0.1, 0.15) is 0 Å². The molecule has 1 atom stereocenters. The Morgan fingerprint density at radius 1 is 0.897 bits per heavy atom. The van der Waals surface area contributed by atoms with E-state index in [1.807, 2.05) is 24.3 Å². The number of carbonyl (C=O) groups excluding carboxylic acids is 1. The number of halogens is 2. The number of para-hydroxylation sites is 1. The van der Waals surface area contributed by atoms with Crippen molar-refractivity contribution in [1.82, 2.24) is 9.80 Å². The standard InChI is InChI=1S/C23H27Cl2N3O/c24-21-9-4-10-22(25)20(21)17-26-11-5-6-18(16-26)23(29)28-14-12-27(13-15-28)19-7-2-1-3-8-19/h1-4,7-10,18H,5-6,11-17H2/t18-/m0/s1.